The van der Waals surface area contributed by atoms with E-state index in [4.69, 9.17) is 0 Å². The number of nitrogens with one attached hydrogen (secondary N) is 1. The smallest absolute Gasteiger partial charge is 0.345 e. The van der Waals surface area contributed by atoms with Crippen molar-refractivity contribution in [3.05, 3.63) is 60.3 Å². The number of carbonyl (C=O) groups is 1. The van der Waals surface area contributed by atoms with E-state index in [0.29, 0.717) is 11.6 Å². The molecule has 0 unspecified atom stereocenters. The Labute approximate surface area is 186 Å². The number of alkyl halides is 3. The predicted octanol–water partition coefficient (Wildman–Crippen LogP) is 4.72. The van der Waals surface area contributed by atoms with Crippen molar-refractivity contribution in [2.45, 2.75) is 32.1 Å². The maximum absolute atomic E-state index is 13.2. The molecule has 1 aliphatic heterocycles. The van der Waals surface area contributed by atoms with Gasteiger partial charge in [0.25, 0.3) is 0 Å². The molecule has 0 radical (unpaired) electrons. The normalized spacial score (nSPS) is 21.0. The van der Waals surface area contributed by atoms with E-state index in [-0.39, 0.29) is 28.1 Å². The summed E-state index contributed by atoms with van der Waals surface area (Å²) in [5.74, 6) is 0.337. The number of hydrogen-bond acceptors (Lipinski definition) is 4. The first-order chi connectivity index (χ1) is 15.8. The Kier molecular flexibility index (Phi) is 4.17. The third-order valence-corrected chi connectivity index (χ3v) is 6.56. The van der Waals surface area contributed by atoms with Crippen molar-refractivity contribution in [3.63, 3.8) is 0 Å². The van der Waals surface area contributed by atoms with Crippen LogP contribution >= 0.6 is 0 Å². The Morgan fingerprint density at radius 1 is 1.12 bits per heavy atom. The Balaban J connectivity index is 1.37. The summed E-state index contributed by atoms with van der Waals surface area (Å²) < 4.78 is 38.7. The van der Waals surface area contributed by atoms with Crippen LogP contribution in [0.2, 0.25) is 0 Å². The molecule has 3 aromatic heterocycles. The Morgan fingerprint density at radius 3 is 2.64 bits per heavy atom. The minimum absolute atomic E-state index is 0.0338. The van der Waals surface area contributed by atoms with Crippen LogP contribution in [0.15, 0.2) is 49.2 Å². The van der Waals surface area contributed by atoms with E-state index < -0.39 is 6.30 Å². The number of nitrogens with zero attached hydrogens (tertiary/aromatic N) is 5. The fourth-order valence-electron chi connectivity index (χ4n) is 4.74. The van der Waals surface area contributed by atoms with Gasteiger partial charge in [0.2, 0.25) is 5.91 Å². The molecule has 7 nitrogen and oxygen atoms in total. The molecule has 4 heterocycles. The minimum atomic E-state index is -4.58. The number of imidazole rings is 1. The van der Waals surface area contributed by atoms with E-state index in [1.807, 2.05) is 25.1 Å². The van der Waals surface area contributed by atoms with Crippen molar-refractivity contribution >= 4 is 22.6 Å². The number of H-pyrrole nitrogens is 1. The maximum Gasteiger partial charge on any atom is 0.504 e. The summed E-state index contributed by atoms with van der Waals surface area (Å²) in [4.78, 5) is 26.7. The molecule has 1 aliphatic carbocycles. The van der Waals surface area contributed by atoms with Crippen molar-refractivity contribution in [2.24, 2.45) is 11.8 Å². The van der Waals surface area contributed by atoms with Gasteiger partial charge in [0, 0.05) is 23.6 Å². The fourth-order valence-corrected chi connectivity index (χ4v) is 4.74. The summed E-state index contributed by atoms with van der Waals surface area (Å²) in [5, 5.41) is 3.39. The van der Waals surface area contributed by atoms with E-state index in [9.17, 15) is 18.0 Å². The van der Waals surface area contributed by atoms with Gasteiger partial charge in [-0.2, -0.15) is 9.78 Å². The van der Waals surface area contributed by atoms with E-state index in [1.165, 1.54) is 0 Å². The van der Waals surface area contributed by atoms with Gasteiger partial charge >= 0.3 is 6.30 Å². The van der Waals surface area contributed by atoms with Crippen LogP contribution in [0.4, 0.5) is 18.9 Å². The molecule has 10 heteroatoms. The SMILES string of the molecule is Cc1cc(-c2cnn(C(F)(F)F)c2)ncc1[C@H]1[C@@H](C2CC2)C(=O)N1c1ccc2[nH]cnc2c1. The van der Waals surface area contributed by atoms with Crippen LogP contribution in [0.25, 0.3) is 22.3 Å². The Bertz CT molecular complexity index is 1390. The third kappa shape index (κ3) is 3.20. The Hall–Kier alpha value is -3.69. The number of β-lactam (4-membered cyclic amide) rings is 1. The highest BCUT2D eigenvalue weighted by Crippen LogP contribution is 2.54. The number of rotatable bonds is 4. The first-order valence-corrected chi connectivity index (χ1v) is 10.7. The van der Waals surface area contributed by atoms with Crippen LogP contribution in [0, 0.1) is 18.8 Å². The zero-order chi connectivity index (χ0) is 22.9. The minimum Gasteiger partial charge on any atom is -0.345 e. The topological polar surface area (TPSA) is 79.7 Å². The maximum atomic E-state index is 13.2. The number of benzene rings is 1. The molecule has 1 aromatic carbocycles. The number of carbonyl (C=O) groups excluding carboxylic acids is 1. The molecular formula is C23H19F3N6O. The first kappa shape index (κ1) is 20.0. The lowest BCUT2D eigenvalue weighted by Gasteiger charge is -2.48. The summed E-state index contributed by atoms with van der Waals surface area (Å²) in [6, 6.07) is 7.29. The third-order valence-electron chi connectivity index (χ3n) is 6.56. The van der Waals surface area contributed by atoms with Crippen LogP contribution in [0.3, 0.4) is 0 Å². The van der Waals surface area contributed by atoms with Gasteiger partial charge in [-0.05, 0) is 61.1 Å². The number of aryl methyl sites for hydroxylation is 1. The standard InChI is InChI=1S/C23H19F3N6O/c1-12-6-18(14-8-30-31(10-14)23(24,25)26)27-9-16(12)21-20(13-2-3-13)22(33)32(21)15-4-5-17-19(7-15)29-11-28-17/h4-11,13,20-21H,2-3H2,1H3,(H,28,29)/t20-,21+/m1/s1. The van der Waals surface area contributed by atoms with E-state index in [2.05, 4.69) is 20.1 Å². The van der Waals surface area contributed by atoms with Gasteiger partial charge in [-0.3, -0.25) is 9.78 Å². The second kappa shape index (κ2) is 6.90. The number of fused-ring (bicyclic) bond motifs is 1. The Morgan fingerprint density at radius 2 is 1.94 bits per heavy atom. The number of hydrogen-bond donors (Lipinski definition) is 1. The number of anilines is 1. The molecule has 0 bridgehead atoms. The first-order valence-electron chi connectivity index (χ1n) is 10.7. The van der Waals surface area contributed by atoms with Gasteiger partial charge in [0.15, 0.2) is 0 Å². The van der Waals surface area contributed by atoms with E-state index >= 15 is 0 Å². The molecule has 33 heavy (non-hydrogen) atoms. The zero-order valence-electron chi connectivity index (χ0n) is 17.5. The van der Waals surface area contributed by atoms with E-state index in [1.54, 1.807) is 23.5 Å². The molecule has 2 fully saturated rings. The summed E-state index contributed by atoms with van der Waals surface area (Å²) in [6.45, 7) is 1.90. The fraction of sp³-hybridized carbons (Fsp3) is 0.304. The van der Waals surface area contributed by atoms with Crippen molar-refractivity contribution in [1.82, 2.24) is 24.7 Å². The van der Waals surface area contributed by atoms with Gasteiger partial charge < -0.3 is 9.88 Å². The quantitative estimate of drug-likeness (QED) is 0.455. The summed E-state index contributed by atoms with van der Waals surface area (Å²) >= 11 is 0. The highest BCUT2D eigenvalue weighted by atomic mass is 19.4. The number of halogens is 3. The monoisotopic (exact) mass is 452 g/mol. The second-order valence-corrected chi connectivity index (χ2v) is 8.69. The lowest BCUT2D eigenvalue weighted by molar-refractivity contribution is -0.212. The van der Waals surface area contributed by atoms with Gasteiger partial charge in [0.05, 0.1) is 41.2 Å². The number of aromatic nitrogens is 5. The summed E-state index contributed by atoms with van der Waals surface area (Å²) in [6.07, 6.45) is 2.85. The average molecular weight is 452 g/mol. The molecule has 6 rings (SSSR count). The molecule has 168 valence electrons. The van der Waals surface area contributed by atoms with Crippen LogP contribution < -0.4 is 4.90 Å². The van der Waals surface area contributed by atoms with Crippen molar-refractivity contribution in [1.29, 1.82) is 0 Å². The van der Waals surface area contributed by atoms with Crippen molar-refractivity contribution in [2.75, 3.05) is 4.90 Å². The lowest BCUT2D eigenvalue weighted by Crippen LogP contribution is -2.56. The highest BCUT2D eigenvalue weighted by molar-refractivity contribution is 6.04. The molecule has 1 amide bonds. The number of amides is 1. The molecule has 1 N–H and O–H groups in total. The molecule has 2 aliphatic rings. The van der Waals surface area contributed by atoms with Crippen LogP contribution in [0.1, 0.15) is 30.0 Å². The van der Waals surface area contributed by atoms with Gasteiger partial charge in [-0.1, -0.05) is 0 Å². The van der Waals surface area contributed by atoms with E-state index in [0.717, 1.165) is 53.1 Å². The molecular weight excluding hydrogens is 433 g/mol. The molecule has 4 aromatic rings. The van der Waals surface area contributed by atoms with Gasteiger partial charge in [-0.15, -0.1) is 13.2 Å². The number of aromatic amines is 1. The van der Waals surface area contributed by atoms with Crippen molar-refractivity contribution in [3.8, 4) is 11.3 Å². The summed E-state index contributed by atoms with van der Waals surface area (Å²) in [5.41, 5.74) is 4.91. The zero-order valence-corrected chi connectivity index (χ0v) is 17.5. The van der Waals surface area contributed by atoms with Crippen LogP contribution in [0.5, 0.6) is 0 Å². The highest BCUT2D eigenvalue weighted by Gasteiger charge is 2.55. The lowest BCUT2D eigenvalue weighted by atomic mass is 9.77. The average Bonchev–Trinajstić information content (AvgIpc) is 3.25. The molecule has 1 saturated carbocycles. The van der Waals surface area contributed by atoms with Crippen LogP contribution in [-0.2, 0) is 11.1 Å². The number of pyridine rings is 1. The van der Waals surface area contributed by atoms with Crippen molar-refractivity contribution < 1.29 is 18.0 Å². The van der Waals surface area contributed by atoms with Gasteiger partial charge in [-0.25, -0.2) is 4.98 Å². The van der Waals surface area contributed by atoms with Gasteiger partial charge in [0.1, 0.15) is 0 Å². The summed E-state index contributed by atoms with van der Waals surface area (Å²) in [7, 11) is 0. The largest absolute Gasteiger partial charge is 0.504 e. The second-order valence-electron chi connectivity index (χ2n) is 8.69. The molecule has 0 spiro atoms. The molecule has 2 atom stereocenters. The predicted molar refractivity (Wildman–Crippen MR) is 114 cm³/mol. The molecule has 1 saturated heterocycles. The van der Waals surface area contributed by atoms with Crippen LogP contribution in [-0.4, -0.2) is 30.6 Å².